The lowest BCUT2D eigenvalue weighted by molar-refractivity contribution is -0.274. The van der Waals surface area contributed by atoms with Crippen molar-refractivity contribution in [2.45, 2.75) is 6.36 Å². The number of pyridine rings is 1. The maximum absolute atomic E-state index is 12.5. The minimum atomic E-state index is -4.86. The Bertz CT molecular complexity index is 702. The van der Waals surface area contributed by atoms with Gasteiger partial charge in [0, 0.05) is 17.3 Å². The fraction of sp³-hybridized carbons (Fsp3) is 0.143. The summed E-state index contributed by atoms with van der Waals surface area (Å²) in [7, 11) is 1.15. The van der Waals surface area contributed by atoms with Crippen LogP contribution in [0.1, 0.15) is 10.4 Å². The topological polar surface area (TPSA) is 74.4 Å². The predicted octanol–water partition coefficient (Wildman–Crippen LogP) is 3.02. The molecule has 116 valence electrons. The zero-order valence-electron chi connectivity index (χ0n) is 11.3. The third-order valence-corrected chi connectivity index (χ3v) is 2.73. The molecule has 0 bridgehead atoms. The van der Waals surface area contributed by atoms with Crippen LogP contribution in [0.2, 0.25) is 0 Å². The van der Waals surface area contributed by atoms with Gasteiger partial charge in [0.25, 0.3) is 0 Å². The van der Waals surface area contributed by atoms with Crippen LogP contribution in [-0.2, 0) is 4.74 Å². The number of halogens is 3. The van der Waals surface area contributed by atoms with Gasteiger partial charge in [-0.3, -0.25) is 0 Å². The van der Waals surface area contributed by atoms with Crippen molar-refractivity contribution in [3.8, 4) is 16.9 Å². The molecule has 2 N–H and O–H groups in total. The molecule has 5 nitrogen and oxygen atoms in total. The van der Waals surface area contributed by atoms with Crippen molar-refractivity contribution in [2.75, 3.05) is 12.8 Å². The van der Waals surface area contributed by atoms with E-state index in [1.54, 1.807) is 0 Å². The predicted molar refractivity (Wildman–Crippen MR) is 72.1 cm³/mol. The summed E-state index contributed by atoms with van der Waals surface area (Å²) in [5, 5.41) is 0. The molecule has 0 unspecified atom stereocenters. The molecule has 0 amide bonds. The number of ether oxygens (including phenoxy) is 2. The Hall–Kier alpha value is -2.77. The number of esters is 1. The van der Waals surface area contributed by atoms with Crippen molar-refractivity contribution in [3.05, 3.63) is 42.1 Å². The van der Waals surface area contributed by atoms with Crippen LogP contribution < -0.4 is 10.5 Å². The summed E-state index contributed by atoms with van der Waals surface area (Å²) in [5.41, 5.74) is 5.68. The number of carbonyl (C=O) groups excluding carboxylic acids is 1. The first-order valence-corrected chi connectivity index (χ1v) is 6.01. The molecule has 0 aliphatic carbocycles. The first-order valence-electron chi connectivity index (χ1n) is 6.01. The van der Waals surface area contributed by atoms with E-state index in [2.05, 4.69) is 14.5 Å². The Morgan fingerprint density at radius 1 is 1.23 bits per heavy atom. The van der Waals surface area contributed by atoms with E-state index in [9.17, 15) is 18.0 Å². The normalized spacial score (nSPS) is 11.1. The van der Waals surface area contributed by atoms with Crippen LogP contribution in [0.15, 0.2) is 36.5 Å². The molecule has 8 heteroatoms. The highest BCUT2D eigenvalue weighted by Gasteiger charge is 2.32. The summed E-state index contributed by atoms with van der Waals surface area (Å²) in [6.07, 6.45) is -3.66. The number of para-hydroxylation sites is 1. The molecular weight excluding hydrogens is 301 g/mol. The summed E-state index contributed by atoms with van der Waals surface area (Å²) >= 11 is 0. The quantitative estimate of drug-likeness (QED) is 0.882. The number of carbonyl (C=O) groups is 1. The molecule has 0 atom stereocenters. The monoisotopic (exact) mass is 312 g/mol. The van der Waals surface area contributed by atoms with Gasteiger partial charge in [-0.05, 0) is 12.1 Å². The van der Waals surface area contributed by atoms with Crippen LogP contribution in [-0.4, -0.2) is 24.4 Å². The average Bonchev–Trinajstić information content (AvgIpc) is 2.45. The van der Waals surface area contributed by atoms with Crippen LogP contribution in [0.3, 0.4) is 0 Å². The number of benzene rings is 1. The van der Waals surface area contributed by atoms with Gasteiger partial charge >= 0.3 is 12.3 Å². The number of nitrogens with zero attached hydrogens (tertiary/aromatic N) is 1. The second-order valence-electron chi connectivity index (χ2n) is 4.19. The second kappa shape index (κ2) is 5.92. The molecule has 0 aliphatic heterocycles. The van der Waals surface area contributed by atoms with Gasteiger partial charge in [0.1, 0.15) is 11.6 Å². The molecule has 0 saturated heterocycles. The van der Waals surface area contributed by atoms with E-state index >= 15 is 0 Å². The van der Waals surface area contributed by atoms with E-state index in [-0.39, 0.29) is 22.5 Å². The summed E-state index contributed by atoms with van der Waals surface area (Å²) in [4.78, 5) is 15.6. The van der Waals surface area contributed by atoms with E-state index in [1.807, 2.05) is 0 Å². The Balaban J connectivity index is 2.60. The van der Waals surface area contributed by atoms with Gasteiger partial charge in [-0.1, -0.05) is 18.2 Å². The lowest BCUT2D eigenvalue weighted by Crippen LogP contribution is -2.18. The molecule has 1 aromatic carbocycles. The molecule has 0 radical (unpaired) electrons. The molecular formula is C14H11F3N2O3. The minimum Gasteiger partial charge on any atom is -0.465 e. The van der Waals surface area contributed by atoms with E-state index < -0.39 is 18.1 Å². The average molecular weight is 312 g/mol. The number of hydrogen-bond acceptors (Lipinski definition) is 5. The summed E-state index contributed by atoms with van der Waals surface area (Å²) < 4.78 is 46.0. The molecule has 0 saturated carbocycles. The number of rotatable bonds is 3. The number of nitrogen functional groups attached to an aromatic ring is 1. The molecule has 2 aromatic rings. The zero-order chi connectivity index (χ0) is 16.3. The SMILES string of the molecule is COC(=O)c1cc(N)ncc1-c1ccccc1OC(F)(F)F. The number of anilines is 1. The summed E-state index contributed by atoms with van der Waals surface area (Å²) in [6.45, 7) is 0. The highest BCUT2D eigenvalue weighted by molar-refractivity contribution is 5.98. The van der Waals surface area contributed by atoms with Gasteiger partial charge in [-0.25, -0.2) is 9.78 Å². The molecule has 0 fully saturated rings. The zero-order valence-corrected chi connectivity index (χ0v) is 11.3. The van der Waals surface area contributed by atoms with Crippen LogP contribution in [0.25, 0.3) is 11.1 Å². The Morgan fingerprint density at radius 3 is 2.55 bits per heavy atom. The lowest BCUT2D eigenvalue weighted by atomic mass is 10.0. The number of methoxy groups -OCH3 is 1. The number of aromatic nitrogens is 1. The van der Waals surface area contributed by atoms with Crippen LogP contribution in [0.5, 0.6) is 5.75 Å². The highest BCUT2D eigenvalue weighted by atomic mass is 19.4. The minimum absolute atomic E-state index is 0.00627. The van der Waals surface area contributed by atoms with Gasteiger partial charge < -0.3 is 15.2 Å². The molecule has 22 heavy (non-hydrogen) atoms. The van der Waals surface area contributed by atoms with Crippen molar-refractivity contribution in [3.63, 3.8) is 0 Å². The maximum atomic E-state index is 12.5. The van der Waals surface area contributed by atoms with E-state index in [1.165, 1.54) is 30.5 Å². The Kier molecular flexibility index (Phi) is 4.20. The van der Waals surface area contributed by atoms with Crippen molar-refractivity contribution in [1.29, 1.82) is 0 Å². The number of alkyl halides is 3. The van der Waals surface area contributed by atoms with E-state index in [0.717, 1.165) is 13.2 Å². The fourth-order valence-electron chi connectivity index (χ4n) is 1.87. The fourth-order valence-corrected chi connectivity index (χ4v) is 1.87. The third kappa shape index (κ3) is 3.46. The molecule has 0 aliphatic rings. The van der Waals surface area contributed by atoms with Gasteiger partial charge in [-0.15, -0.1) is 13.2 Å². The van der Waals surface area contributed by atoms with Crippen molar-refractivity contribution in [2.24, 2.45) is 0 Å². The van der Waals surface area contributed by atoms with Crippen LogP contribution in [0.4, 0.5) is 19.0 Å². The standard InChI is InChI=1S/C14H11F3N2O3/c1-21-13(20)9-6-12(18)19-7-10(9)8-4-2-3-5-11(8)22-14(15,16)17/h2-7H,1H3,(H2,18,19). The van der Waals surface area contributed by atoms with Crippen LogP contribution >= 0.6 is 0 Å². The van der Waals surface area contributed by atoms with Crippen molar-refractivity contribution >= 4 is 11.8 Å². The van der Waals surface area contributed by atoms with Gasteiger partial charge in [0.15, 0.2) is 0 Å². The molecule has 0 spiro atoms. The molecule has 2 rings (SSSR count). The van der Waals surface area contributed by atoms with Gasteiger partial charge in [0.05, 0.1) is 12.7 Å². The summed E-state index contributed by atoms with van der Waals surface area (Å²) in [5.74, 6) is -1.16. The molecule has 1 aromatic heterocycles. The molecule has 1 heterocycles. The first kappa shape index (κ1) is 15.6. The lowest BCUT2D eigenvalue weighted by Gasteiger charge is -2.15. The largest absolute Gasteiger partial charge is 0.573 e. The highest BCUT2D eigenvalue weighted by Crippen LogP contribution is 2.35. The van der Waals surface area contributed by atoms with Gasteiger partial charge in [0.2, 0.25) is 0 Å². The number of nitrogens with two attached hydrogens (primary N) is 1. The third-order valence-electron chi connectivity index (χ3n) is 2.73. The van der Waals surface area contributed by atoms with E-state index in [0.29, 0.717) is 0 Å². The number of hydrogen-bond donors (Lipinski definition) is 1. The van der Waals surface area contributed by atoms with Crippen molar-refractivity contribution in [1.82, 2.24) is 4.98 Å². The summed E-state index contributed by atoms with van der Waals surface area (Å²) in [6, 6.07) is 6.63. The van der Waals surface area contributed by atoms with Crippen molar-refractivity contribution < 1.29 is 27.4 Å². The maximum Gasteiger partial charge on any atom is 0.573 e. The Labute approximate surface area is 123 Å². The van der Waals surface area contributed by atoms with Gasteiger partial charge in [-0.2, -0.15) is 0 Å². The van der Waals surface area contributed by atoms with Crippen LogP contribution in [0, 0.1) is 0 Å². The van der Waals surface area contributed by atoms with E-state index in [4.69, 9.17) is 5.73 Å². The second-order valence-corrected chi connectivity index (χ2v) is 4.19. The first-order chi connectivity index (χ1) is 10.3. The Morgan fingerprint density at radius 2 is 1.91 bits per heavy atom. The smallest absolute Gasteiger partial charge is 0.465 e.